The van der Waals surface area contributed by atoms with Crippen molar-refractivity contribution in [2.24, 2.45) is 5.73 Å². The summed E-state index contributed by atoms with van der Waals surface area (Å²) in [4.78, 5) is 8.02. The van der Waals surface area contributed by atoms with E-state index in [2.05, 4.69) is 37.7 Å². The first-order chi connectivity index (χ1) is 6.56. The van der Waals surface area contributed by atoms with Crippen LogP contribution in [0.25, 0.3) is 0 Å². The van der Waals surface area contributed by atoms with Gasteiger partial charge in [0.05, 0.1) is 5.69 Å². The maximum Gasteiger partial charge on any atom is 0.185 e. The molecule has 3 nitrogen and oxygen atoms in total. The largest absolute Gasteiger partial charge is 0.348 e. The summed E-state index contributed by atoms with van der Waals surface area (Å²) in [5.74, 6) is 0. The Bertz CT molecular complexity index is 276. The summed E-state index contributed by atoms with van der Waals surface area (Å²) in [6.45, 7) is 7.07. The fourth-order valence-corrected chi connectivity index (χ4v) is 2.20. The van der Waals surface area contributed by atoms with Crippen molar-refractivity contribution in [1.29, 1.82) is 0 Å². The van der Waals surface area contributed by atoms with Gasteiger partial charge in [0, 0.05) is 18.0 Å². The predicted octanol–water partition coefficient (Wildman–Crippen LogP) is 1.93. The Morgan fingerprint density at radius 3 is 2.57 bits per heavy atom. The summed E-state index contributed by atoms with van der Waals surface area (Å²) in [5.41, 5.74) is 6.67. The van der Waals surface area contributed by atoms with E-state index in [0.717, 1.165) is 23.8 Å². The molecule has 14 heavy (non-hydrogen) atoms. The van der Waals surface area contributed by atoms with Crippen LogP contribution in [0.1, 0.15) is 23.9 Å². The second-order valence-corrected chi connectivity index (χ2v) is 4.86. The Hall–Kier alpha value is -0.610. The second-order valence-electron chi connectivity index (χ2n) is 3.68. The van der Waals surface area contributed by atoms with Crippen LogP contribution in [0.3, 0.4) is 0 Å². The molecule has 1 aromatic heterocycles. The Balaban J connectivity index is 2.73. The van der Waals surface area contributed by atoms with Crippen molar-refractivity contribution in [3.05, 3.63) is 10.6 Å². The highest BCUT2D eigenvalue weighted by molar-refractivity contribution is 7.15. The number of aryl methyl sites for hydroxylation is 2. The van der Waals surface area contributed by atoms with Crippen molar-refractivity contribution < 1.29 is 0 Å². The van der Waals surface area contributed by atoms with Gasteiger partial charge in [-0.3, -0.25) is 0 Å². The molecule has 80 valence electrons. The third-order valence-corrected chi connectivity index (χ3v) is 3.73. The number of anilines is 1. The lowest BCUT2D eigenvalue weighted by Crippen LogP contribution is -2.30. The molecular formula is C10H19N3S. The van der Waals surface area contributed by atoms with Crippen molar-refractivity contribution in [2.45, 2.75) is 33.2 Å². The van der Waals surface area contributed by atoms with Crippen LogP contribution in [-0.4, -0.2) is 24.6 Å². The normalized spacial score (nSPS) is 12.9. The maximum atomic E-state index is 5.54. The van der Waals surface area contributed by atoms with E-state index >= 15 is 0 Å². The highest BCUT2D eigenvalue weighted by atomic mass is 32.1. The first-order valence-corrected chi connectivity index (χ1v) is 5.74. The summed E-state index contributed by atoms with van der Waals surface area (Å²) in [6.07, 6.45) is 1.01. The minimum atomic E-state index is 0.463. The van der Waals surface area contributed by atoms with Gasteiger partial charge in [0.25, 0.3) is 0 Å². The first-order valence-electron chi connectivity index (χ1n) is 4.93. The van der Waals surface area contributed by atoms with E-state index in [1.165, 1.54) is 4.88 Å². The smallest absolute Gasteiger partial charge is 0.185 e. The average Bonchev–Trinajstić information content (AvgIpc) is 2.46. The molecule has 1 rings (SSSR count). The molecule has 1 heterocycles. The van der Waals surface area contributed by atoms with Gasteiger partial charge in [0.15, 0.2) is 5.13 Å². The molecule has 1 atom stereocenters. The molecule has 0 saturated carbocycles. The Morgan fingerprint density at radius 1 is 1.50 bits per heavy atom. The van der Waals surface area contributed by atoms with Gasteiger partial charge in [0.2, 0.25) is 0 Å². The fourth-order valence-electron chi connectivity index (χ4n) is 1.23. The third-order valence-electron chi connectivity index (χ3n) is 2.56. The van der Waals surface area contributed by atoms with Gasteiger partial charge in [-0.05, 0) is 33.7 Å². The van der Waals surface area contributed by atoms with Crippen molar-refractivity contribution in [3.8, 4) is 0 Å². The van der Waals surface area contributed by atoms with Gasteiger partial charge in [-0.15, -0.1) is 11.3 Å². The molecule has 0 aromatic carbocycles. The lowest BCUT2D eigenvalue weighted by atomic mass is 10.2. The average molecular weight is 213 g/mol. The summed E-state index contributed by atoms with van der Waals surface area (Å²) in [7, 11) is 2.08. The van der Waals surface area contributed by atoms with E-state index in [9.17, 15) is 0 Å². The lowest BCUT2D eigenvalue weighted by Gasteiger charge is -2.23. The van der Waals surface area contributed by atoms with Crippen molar-refractivity contribution >= 4 is 16.5 Å². The molecule has 4 heteroatoms. The summed E-state index contributed by atoms with van der Waals surface area (Å²) < 4.78 is 0. The second kappa shape index (κ2) is 4.75. The topological polar surface area (TPSA) is 42.2 Å². The van der Waals surface area contributed by atoms with Crippen LogP contribution in [0.4, 0.5) is 5.13 Å². The number of rotatable bonds is 4. The molecule has 0 aliphatic carbocycles. The van der Waals surface area contributed by atoms with Crippen molar-refractivity contribution in [3.63, 3.8) is 0 Å². The summed E-state index contributed by atoms with van der Waals surface area (Å²) in [6, 6.07) is 0.463. The standard InChI is InChI=1S/C10H19N3S/c1-7(5-6-11)13(4)10-12-8(2)9(3)14-10/h7H,5-6,11H2,1-4H3. The molecule has 2 N–H and O–H groups in total. The van der Waals surface area contributed by atoms with Crippen LogP contribution in [-0.2, 0) is 0 Å². The first kappa shape index (κ1) is 11.5. The quantitative estimate of drug-likeness (QED) is 0.831. The van der Waals surface area contributed by atoms with E-state index in [1.54, 1.807) is 11.3 Å². The van der Waals surface area contributed by atoms with Gasteiger partial charge >= 0.3 is 0 Å². The fraction of sp³-hybridized carbons (Fsp3) is 0.700. The zero-order chi connectivity index (χ0) is 10.7. The highest BCUT2D eigenvalue weighted by Gasteiger charge is 2.13. The molecule has 1 aromatic rings. The summed E-state index contributed by atoms with van der Waals surface area (Å²) in [5, 5.41) is 1.10. The van der Waals surface area contributed by atoms with Crippen molar-refractivity contribution in [1.82, 2.24) is 4.98 Å². The van der Waals surface area contributed by atoms with E-state index in [4.69, 9.17) is 5.73 Å². The number of nitrogens with zero attached hydrogens (tertiary/aromatic N) is 2. The molecule has 0 aliphatic rings. The van der Waals surface area contributed by atoms with Gasteiger partial charge in [-0.25, -0.2) is 4.98 Å². The minimum Gasteiger partial charge on any atom is -0.348 e. The van der Waals surface area contributed by atoms with Gasteiger partial charge in [-0.1, -0.05) is 0 Å². The van der Waals surface area contributed by atoms with Crippen LogP contribution >= 0.6 is 11.3 Å². The Labute approximate surface area is 89.9 Å². The highest BCUT2D eigenvalue weighted by Crippen LogP contribution is 2.25. The van der Waals surface area contributed by atoms with Crippen LogP contribution in [0.5, 0.6) is 0 Å². The van der Waals surface area contributed by atoms with Crippen LogP contribution < -0.4 is 10.6 Å². The van der Waals surface area contributed by atoms with Gasteiger partial charge in [0.1, 0.15) is 0 Å². The number of nitrogens with two attached hydrogens (primary N) is 1. The third kappa shape index (κ3) is 2.45. The van der Waals surface area contributed by atoms with Crippen molar-refractivity contribution in [2.75, 3.05) is 18.5 Å². The maximum absolute atomic E-state index is 5.54. The predicted molar refractivity (Wildman–Crippen MR) is 63.1 cm³/mol. The number of aromatic nitrogens is 1. The van der Waals surface area contributed by atoms with E-state index < -0.39 is 0 Å². The lowest BCUT2D eigenvalue weighted by molar-refractivity contribution is 0.633. The summed E-state index contributed by atoms with van der Waals surface area (Å²) >= 11 is 1.75. The van der Waals surface area contributed by atoms with Crippen LogP contribution in [0.15, 0.2) is 0 Å². The number of hydrogen-bond acceptors (Lipinski definition) is 4. The zero-order valence-electron chi connectivity index (χ0n) is 9.37. The van der Waals surface area contributed by atoms with E-state index in [1.807, 2.05) is 0 Å². The molecule has 0 bridgehead atoms. The Morgan fingerprint density at radius 2 is 2.14 bits per heavy atom. The minimum absolute atomic E-state index is 0.463. The molecule has 0 spiro atoms. The molecule has 0 fully saturated rings. The number of thiazole rings is 1. The van der Waals surface area contributed by atoms with E-state index in [0.29, 0.717) is 6.04 Å². The van der Waals surface area contributed by atoms with Gasteiger partial charge in [-0.2, -0.15) is 0 Å². The molecule has 0 amide bonds. The molecule has 0 radical (unpaired) electrons. The monoisotopic (exact) mass is 213 g/mol. The van der Waals surface area contributed by atoms with Crippen LogP contribution in [0.2, 0.25) is 0 Å². The molecule has 0 saturated heterocycles. The van der Waals surface area contributed by atoms with Crippen LogP contribution in [0, 0.1) is 13.8 Å². The van der Waals surface area contributed by atoms with Gasteiger partial charge < -0.3 is 10.6 Å². The zero-order valence-corrected chi connectivity index (χ0v) is 10.2. The van der Waals surface area contributed by atoms with E-state index in [-0.39, 0.29) is 0 Å². The molecular weight excluding hydrogens is 194 g/mol. The number of hydrogen-bond donors (Lipinski definition) is 1. The Kier molecular flexibility index (Phi) is 3.89. The SMILES string of the molecule is Cc1nc(N(C)C(C)CCN)sc1C. The molecule has 1 unspecified atom stereocenters. The molecule has 0 aliphatic heterocycles.